The Bertz CT molecular complexity index is 59.5. The zero-order valence-corrected chi connectivity index (χ0v) is 5.74. The van der Waals surface area contributed by atoms with Crippen LogP contribution in [-0.2, 0) is 0 Å². The first kappa shape index (κ1) is 4.13. The van der Waals surface area contributed by atoms with Crippen molar-refractivity contribution >= 4 is 8.80 Å². The maximum atomic E-state index is 7.14. The summed E-state index contributed by atoms with van der Waals surface area (Å²) in [6, 6.07) is 2.85. The summed E-state index contributed by atoms with van der Waals surface area (Å²) in [5, 5.41) is 0. The number of hydrogen-bond donors (Lipinski definition) is 0. The molecule has 0 nitrogen and oxygen atoms in total. The van der Waals surface area contributed by atoms with Gasteiger partial charge in [0.25, 0.3) is 0 Å². The first-order chi connectivity index (χ1) is 3.93. The van der Waals surface area contributed by atoms with E-state index in [1.165, 1.54) is 31.4 Å². The van der Waals surface area contributed by atoms with Gasteiger partial charge in [-0.3, -0.25) is 0 Å². The van der Waals surface area contributed by atoms with Crippen LogP contribution in [0.15, 0.2) is 0 Å². The molecule has 0 aromatic heterocycles. The molecule has 0 unspecified atom stereocenters. The first-order valence-corrected chi connectivity index (χ1v) is 5.18. The third-order valence-electron chi connectivity index (χ3n) is 1.56. The van der Waals surface area contributed by atoms with Gasteiger partial charge in [0, 0.05) is 10.2 Å². The molecule has 1 saturated heterocycles. The van der Waals surface area contributed by atoms with Gasteiger partial charge in [0.15, 0.2) is 0 Å². The van der Waals surface area contributed by atoms with Crippen molar-refractivity contribution in [1.29, 1.82) is 0 Å². The van der Waals surface area contributed by atoms with E-state index in [0.29, 0.717) is 0 Å². The van der Waals surface area contributed by atoms with Gasteiger partial charge < -0.3 is 0 Å². The quantitative estimate of drug-likeness (QED) is 0.424. The van der Waals surface area contributed by atoms with E-state index in [1.807, 2.05) is 0 Å². The molecule has 41 valence electrons. The van der Waals surface area contributed by atoms with Crippen LogP contribution in [0.25, 0.3) is 0 Å². The van der Waals surface area contributed by atoms with Crippen LogP contribution in [0.2, 0.25) is 18.6 Å². The van der Waals surface area contributed by atoms with Crippen LogP contribution >= 0.6 is 0 Å². The molecule has 0 N–H and O–H groups in total. The molecule has 7 heavy (non-hydrogen) atoms. The van der Waals surface area contributed by atoms with Crippen molar-refractivity contribution in [2.75, 3.05) is 0 Å². The highest BCUT2D eigenvalue weighted by molar-refractivity contribution is 6.57. The molecule has 1 fully saturated rings. The Morgan fingerprint density at radius 1 is 1.29 bits per heavy atom. The van der Waals surface area contributed by atoms with Crippen molar-refractivity contribution in [3.05, 3.63) is 0 Å². The molecule has 0 amide bonds. The molecule has 1 radical (unpaired) electrons. The van der Waals surface area contributed by atoms with Gasteiger partial charge in [-0.05, 0) is 0 Å². The van der Waals surface area contributed by atoms with Crippen molar-refractivity contribution in [3.8, 4) is 0 Å². The third-order valence-corrected chi connectivity index (χ3v) is 3.68. The molecular weight excluding hydrogens is 100 g/mol. The molecule has 0 atom stereocenters. The Labute approximate surface area is 48.9 Å². The summed E-state index contributed by atoms with van der Waals surface area (Å²) in [6.45, 7) is 0.769. The molecule has 1 aliphatic rings. The smallest absolute Gasteiger partial charge is 0.0446 e. The van der Waals surface area contributed by atoms with Gasteiger partial charge in [-0.2, -0.15) is 0 Å². The van der Waals surface area contributed by atoms with Gasteiger partial charge in [0.1, 0.15) is 0 Å². The highest BCUT2D eigenvalue weighted by atomic mass is 28.3. The van der Waals surface area contributed by atoms with Crippen LogP contribution in [0, 0.1) is 0 Å². The van der Waals surface area contributed by atoms with Crippen LogP contribution in [0.5, 0.6) is 0 Å². The van der Waals surface area contributed by atoms with Crippen LogP contribution < -0.4 is 0 Å². The standard InChI is InChI=1S/C6H13Si/c1-7-5-3-2-4-6-7/h2-6H2,1H3/i1D. The van der Waals surface area contributed by atoms with E-state index in [0.717, 1.165) is 6.52 Å². The lowest BCUT2D eigenvalue weighted by Crippen LogP contribution is -2.09. The second kappa shape index (κ2) is 2.51. The van der Waals surface area contributed by atoms with Gasteiger partial charge in [-0.25, -0.2) is 0 Å². The maximum absolute atomic E-state index is 7.14. The fourth-order valence-corrected chi connectivity index (χ4v) is 2.80. The van der Waals surface area contributed by atoms with E-state index < -0.39 is 0 Å². The van der Waals surface area contributed by atoms with E-state index in [2.05, 4.69) is 0 Å². The Morgan fingerprint density at radius 2 is 2.00 bits per heavy atom. The van der Waals surface area contributed by atoms with E-state index >= 15 is 0 Å². The van der Waals surface area contributed by atoms with Crippen molar-refractivity contribution in [2.24, 2.45) is 0 Å². The molecule has 1 heteroatoms. The second-order valence-corrected chi connectivity index (χ2v) is 4.81. The highest BCUT2D eigenvalue weighted by Crippen LogP contribution is 2.17. The van der Waals surface area contributed by atoms with E-state index in [1.54, 1.807) is 0 Å². The molecule has 0 spiro atoms. The number of hydrogen-bond acceptors (Lipinski definition) is 0. The Hall–Kier alpha value is 0.217. The van der Waals surface area contributed by atoms with E-state index in [-0.39, 0.29) is 8.80 Å². The van der Waals surface area contributed by atoms with E-state index in [4.69, 9.17) is 1.37 Å². The van der Waals surface area contributed by atoms with Gasteiger partial charge >= 0.3 is 0 Å². The average molecular weight is 114 g/mol. The molecule has 0 aromatic carbocycles. The van der Waals surface area contributed by atoms with Gasteiger partial charge in [-0.1, -0.05) is 37.9 Å². The van der Waals surface area contributed by atoms with Crippen LogP contribution in [0.1, 0.15) is 20.6 Å². The highest BCUT2D eigenvalue weighted by Gasteiger charge is 2.07. The second-order valence-electron chi connectivity index (χ2n) is 2.31. The molecule has 0 aromatic rings. The minimum absolute atomic E-state index is 0.121. The van der Waals surface area contributed by atoms with Crippen molar-refractivity contribution in [3.63, 3.8) is 0 Å². The molecule has 0 saturated carbocycles. The summed E-state index contributed by atoms with van der Waals surface area (Å²) in [4.78, 5) is 0. The lowest BCUT2D eigenvalue weighted by molar-refractivity contribution is 0.725. The van der Waals surface area contributed by atoms with Crippen LogP contribution in [0.3, 0.4) is 0 Å². The minimum Gasteiger partial charge on any atom is -0.0711 e. The molecule has 0 aliphatic carbocycles. The summed E-state index contributed by atoms with van der Waals surface area (Å²) in [5.74, 6) is 0. The first-order valence-electron chi connectivity index (χ1n) is 3.77. The fourth-order valence-electron chi connectivity index (χ4n) is 1.05. The monoisotopic (exact) mass is 114 g/mol. The Kier molecular flexibility index (Phi) is 1.48. The van der Waals surface area contributed by atoms with Crippen molar-refractivity contribution < 1.29 is 1.37 Å². The molecular formula is C6H13Si. The molecule has 1 aliphatic heterocycles. The molecule has 0 bridgehead atoms. The summed E-state index contributed by atoms with van der Waals surface area (Å²) < 4.78 is 7.14. The minimum atomic E-state index is -0.121. The summed E-state index contributed by atoms with van der Waals surface area (Å²) in [6.07, 6.45) is 4.29. The predicted molar refractivity (Wildman–Crippen MR) is 35.1 cm³/mol. The fraction of sp³-hybridized carbons (Fsp3) is 1.00. The summed E-state index contributed by atoms with van der Waals surface area (Å²) in [5.41, 5.74) is 0. The van der Waals surface area contributed by atoms with Gasteiger partial charge in [-0.15, -0.1) is 0 Å². The summed E-state index contributed by atoms with van der Waals surface area (Å²) >= 11 is 0. The Balaban J connectivity index is 2.13. The van der Waals surface area contributed by atoms with Crippen molar-refractivity contribution in [1.82, 2.24) is 0 Å². The molecule has 1 heterocycles. The summed E-state index contributed by atoms with van der Waals surface area (Å²) in [7, 11) is -0.121. The molecule has 1 rings (SSSR count). The SMILES string of the molecule is [2H]C[Si]1CCCCC1. The van der Waals surface area contributed by atoms with Crippen molar-refractivity contribution in [2.45, 2.75) is 37.9 Å². The third kappa shape index (κ3) is 1.64. The maximum Gasteiger partial charge on any atom is 0.0446 e. The van der Waals surface area contributed by atoms with Gasteiger partial charge in [0.05, 0.1) is 0 Å². The topological polar surface area (TPSA) is 0 Å². The lowest BCUT2D eigenvalue weighted by Gasteiger charge is -2.13. The van der Waals surface area contributed by atoms with Crippen LogP contribution in [-0.4, -0.2) is 8.80 Å². The Morgan fingerprint density at radius 3 is 2.43 bits per heavy atom. The zero-order valence-electron chi connectivity index (χ0n) is 5.74. The normalized spacial score (nSPS) is 27.1. The average Bonchev–Trinajstić information content (AvgIpc) is 1.90. The van der Waals surface area contributed by atoms with E-state index in [9.17, 15) is 0 Å². The lowest BCUT2D eigenvalue weighted by atomic mass is 10.3. The predicted octanol–water partition coefficient (Wildman–Crippen LogP) is 2.29. The zero-order chi connectivity index (χ0) is 5.82. The van der Waals surface area contributed by atoms with Crippen LogP contribution in [0.4, 0.5) is 0 Å². The largest absolute Gasteiger partial charge is 0.0711 e. The van der Waals surface area contributed by atoms with Gasteiger partial charge in [0.2, 0.25) is 0 Å². The number of rotatable bonds is 0.